The van der Waals surface area contributed by atoms with Gasteiger partial charge in [0.05, 0.1) is 4.47 Å². The summed E-state index contributed by atoms with van der Waals surface area (Å²) in [4.78, 5) is 0. The molecule has 3 nitrogen and oxygen atoms in total. The molecule has 1 heterocycles. The van der Waals surface area contributed by atoms with Crippen molar-refractivity contribution in [1.29, 1.82) is 0 Å². The van der Waals surface area contributed by atoms with E-state index >= 15 is 0 Å². The van der Waals surface area contributed by atoms with Crippen LogP contribution in [0.2, 0.25) is 0 Å². The predicted octanol–water partition coefficient (Wildman–Crippen LogP) is 3.70. The van der Waals surface area contributed by atoms with Crippen molar-refractivity contribution < 1.29 is 9.47 Å². The van der Waals surface area contributed by atoms with Gasteiger partial charge in [-0.2, -0.15) is 0 Å². The minimum absolute atomic E-state index is 0.314. The molecule has 0 aliphatic carbocycles. The first kappa shape index (κ1) is 13.7. The minimum Gasteiger partial charge on any atom is -0.454 e. The first-order valence-electron chi connectivity index (χ1n) is 6.24. The van der Waals surface area contributed by atoms with E-state index in [2.05, 4.69) is 48.1 Å². The Morgan fingerprint density at radius 3 is 2.78 bits per heavy atom. The molecule has 0 saturated carbocycles. The average Bonchev–Trinajstić information content (AvgIpc) is 2.71. The molecule has 1 aromatic carbocycles. The van der Waals surface area contributed by atoms with Crippen LogP contribution in [0.1, 0.15) is 32.8 Å². The smallest absolute Gasteiger partial charge is 0.231 e. The van der Waals surface area contributed by atoms with Crippen molar-refractivity contribution in [1.82, 2.24) is 5.32 Å². The highest BCUT2D eigenvalue weighted by Crippen LogP contribution is 2.39. The third-order valence-corrected chi connectivity index (χ3v) is 3.46. The molecule has 0 atom stereocenters. The van der Waals surface area contributed by atoms with Gasteiger partial charge in [-0.25, -0.2) is 0 Å². The molecule has 0 unspecified atom stereocenters. The zero-order chi connectivity index (χ0) is 13.2. The maximum Gasteiger partial charge on any atom is 0.231 e. The van der Waals surface area contributed by atoms with Crippen LogP contribution in [-0.2, 0) is 6.54 Å². The van der Waals surface area contributed by atoms with Gasteiger partial charge >= 0.3 is 0 Å². The van der Waals surface area contributed by atoms with Crippen molar-refractivity contribution in [2.45, 2.75) is 33.7 Å². The molecular formula is C14H20BrNO2. The summed E-state index contributed by atoms with van der Waals surface area (Å²) >= 11 is 3.51. The number of benzene rings is 1. The monoisotopic (exact) mass is 313 g/mol. The van der Waals surface area contributed by atoms with Crippen LogP contribution in [0.15, 0.2) is 16.6 Å². The van der Waals surface area contributed by atoms with Crippen molar-refractivity contribution in [2.24, 2.45) is 5.41 Å². The molecule has 0 spiro atoms. The summed E-state index contributed by atoms with van der Waals surface area (Å²) in [6.07, 6.45) is 1.17. The van der Waals surface area contributed by atoms with Gasteiger partial charge in [0.15, 0.2) is 11.5 Å². The molecule has 1 N–H and O–H groups in total. The summed E-state index contributed by atoms with van der Waals surface area (Å²) < 4.78 is 11.7. The van der Waals surface area contributed by atoms with Crippen LogP contribution in [0.25, 0.3) is 0 Å². The van der Waals surface area contributed by atoms with Crippen LogP contribution in [-0.4, -0.2) is 13.3 Å². The highest BCUT2D eigenvalue weighted by molar-refractivity contribution is 9.10. The second-order valence-electron chi connectivity index (χ2n) is 5.80. The Bertz CT molecular complexity index is 427. The highest BCUT2D eigenvalue weighted by atomic mass is 79.9. The van der Waals surface area contributed by atoms with E-state index in [-0.39, 0.29) is 0 Å². The molecule has 1 aliphatic rings. The Morgan fingerprint density at radius 2 is 2.06 bits per heavy atom. The van der Waals surface area contributed by atoms with Gasteiger partial charge in [0.1, 0.15) is 0 Å². The number of nitrogens with one attached hydrogen (secondary N) is 1. The van der Waals surface area contributed by atoms with E-state index < -0.39 is 0 Å². The van der Waals surface area contributed by atoms with Gasteiger partial charge in [-0.05, 0) is 52.0 Å². The summed E-state index contributed by atoms with van der Waals surface area (Å²) in [5, 5.41) is 3.46. The minimum atomic E-state index is 0.314. The summed E-state index contributed by atoms with van der Waals surface area (Å²) in [6.45, 7) is 8.96. The third-order valence-electron chi connectivity index (χ3n) is 2.87. The highest BCUT2D eigenvalue weighted by Gasteiger charge is 2.17. The van der Waals surface area contributed by atoms with Gasteiger partial charge in [0, 0.05) is 6.54 Å². The number of hydrogen-bond donors (Lipinski definition) is 1. The lowest BCUT2D eigenvalue weighted by molar-refractivity contribution is 0.173. The molecule has 2 rings (SSSR count). The van der Waals surface area contributed by atoms with E-state index in [1.165, 1.54) is 12.0 Å². The Morgan fingerprint density at radius 1 is 1.28 bits per heavy atom. The molecule has 0 fully saturated rings. The Labute approximate surface area is 117 Å². The van der Waals surface area contributed by atoms with E-state index in [9.17, 15) is 0 Å². The summed E-state index contributed by atoms with van der Waals surface area (Å²) in [5.41, 5.74) is 1.59. The Kier molecular flexibility index (Phi) is 4.17. The third kappa shape index (κ3) is 3.62. The molecule has 100 valence electrons. The molecule has 0 bridgehead atoms. The van der Waals surface area contributed by atoms with Crippen LogP contribution >= 0.6 is 15.9 Å². The van der Waals surface area contributed by atoms with Gasteiger partial charge in [-0.3, -0.25) is 0 Å². The molecule has 1 aromatic rings. The van der Waals surface area contributed by atoms with Crippen molar-refractivity contribution in [2.75, 3.05) is 13.3 Å². The lowest BCUT2D eigenvalue weighted by atomic mass is 9.92. The number of hydrogen-bond acceptors (Lipinski definition) is 3. The quantitative estimate of drug-likeness (QED) is 0.860. The van der Waals surface area contributed by atoms with Gasteiger partial charge in [-0.15, -0.1) is 0 Å². The van der Waals surface area contributed by atoms with Gasteiger partial charge in [-0.1, -0.05) is 20.8 Å². The number of halogens is 1. The molecular weight excluding hydrogens is 294 g/mol. The molecule has 18 heavy (non-hydrogen) atoms. The van der Waals surface area contributed by atoms with Crippen LogP contribution in [0.3, 0.4) is 0 Å². The van der Waals surface area contributed by atoms with E-state index in [0.717, 1.165) is 29.1 Å². The summed E-state index contributed by atoms with van der Waals surface area (Å²) in [6, 6.07) is 4.12. The number of ether oxygens (including phenoxy) is 2. The summed E-state index contributed by atoms with van der Waals surface area (Å²) in [5.74, 6) is 1.64. The molecule has 4 heteroatoms. The fraction of sp³-hybridized carbons (Fsp3) is 0.571. The van der Waals surface area contributed by atoms with Gasteiger partial charge in [0.25, 0.3) is 0 Å². The fourth-order valence-corrected chi connectivity index (χ4v) is 2.42. The lowest BCUT2D eigenvalue weighted by Gasteiger charge is -2.18. The van der Waals surface area contributed by atoms with Crippen molar-refractivity contribution >= 4 is 15.9 Å². The predicted molar refractivity (Wildman–Crippen MR) is 76.0 cm³/mol. The SMILES string of the molecule is CC(C)(C)CCNCc1cc(Br)c2c(c1)OCO2. The first-order valence-corrected chi connectivity index (χ1v) is 7.04. The molecule has 1 aliphatic heterocycles. The largest absolute Gasteiger partial charge is 0.454 e. The van der Waals surface area contributed by atoms with Crippen molar-refractivity contribution in [3.8, 4) is 11.5 Å². The normalized spacial score (nSPS) is 14.0. The topological polar surface area (TPSA) is 30.5 Å². The molecule has 0 amide bonds. The zero-order valence-electron chi connectivity index (χ0n) is 11.2. The first-order chi connectivity index (χ1) is 8.46. The van der Waals surface area contributed by atoms with Crippen molar-refractivity contribution in [3.63, 3.8) is 0 Å². The van der Waals surface area contributed by atoms with Crippen LogP contribution in [0.5, 0.6) is 11.5 Å². The maximum atomic E-state index is 5.40. The maximum absolute atomic E-state index is 5.40. The molecule has 0 saturated heterocycles. The summed E-state index contributed by atoms with van der Waals surface area (Å²) in [7, 11) is 0. The van der Waals surface area contributed by atoms with Gasteiger partial charge < -0.3 is 14.8 Å². The van der Waals surface area contributed by atoms with E-state index in [4.69, 9.17) is 9.47 Å². The Balaban J connectivity index is 1.89. The lowest BCUT2D eigenvalue weighted by Crippen LogP contribution is -2.20. The molecule has 0 radical (unpaired) electrons. The number of rotatable bonds is 4. The van der Waals surface area contributed by atoms with Crippen molar-refractivity contribution in [3.05, 3.63) is 22.2 Å². The second-order valence-corrected chi connectivity index (χ2v) is 6.65. The Hall–Kier alpha value is -0.740. The van der Waals surface area contributed by atoms with Crippen LogP contribution in [0.4, 0.5) is 0 Å². The van der Waals surface area contributed by atoms with E-state index in [1.54, 1.807) is 0 Å². The fourth-order valence-electron chi connectivity index (χ4n) is 1.82. The molecule has 0 aromatic heterocycles. The average molecular weight is 314 g/mol. The van der Waals surface area contributed by atoms with E-state index in [1.807, 2.05) is 6.07 Å². The second kappa shape index (κ2) is 5.49. The van der Waals surface area contributed by atoms with Crippen LogP contribution < -0.4 is 14.8 Å². The van der Waals surface area contributed by atoms with Gasteiger partial charge in [0.2, 0.25) is 6.79 Å². The van der Waals surface area contributed by atoms with E-state index in [0.29, 0.717) is 12.2 Å². The standard InChI is InChI=1S/C14H20BrNO2/c1-14(2,3)4-5-16-8-10-6-11(15)13-12(7-10)17-9-18-13/h6-7,16H,4-5,8-9H2,1-3H3. The zero-order valence-corrected chi connectivity index (χ0v) is 12.8. The number of fused-ring (bicyclic) bond motifs is 1. The van der Waals surface area contributed by atoms with Crippen LogP contribution in [0, 0.1) is 5.41 Å².